The molecule has 21 heavy (non-hydrogen) atoms. The summed E-state index contributed by atoms with van der Waals surface area (Å²) in [6.45, 7) is 0. The van der Waals surface area contributed by atoms with Crippen molar-refractivity contribution >= 4 is 28.6 Å². The Morgan fingerprint density at radius 3 is 2.24 bits per heavy atom. The molecule has 0 aromatic heterocycles. The quantitative estimate of drug-likeness (QED) is 0.387. The van der Waals surface area contributed by atoms with Crippen molar-refractivity contribution in [3.05, 3.63) is 88.0 Å². The second-order valence-corrected chi connectivity index (χ2v) is 4.72. The molecule has 0 amide bonds. The van der Waals surface area contributed by atoms with Crippen LogP contribution in [0.4, 0.5) is 5.69 Å². The first-order chi connectivity index (χ1) is 10.3. The van der Waals surface area contributed by atoms with Gasteiger partial charge in [-0.2, -0.15) is 0 Å². The fourth-order valence-corrected chi connectivity index (χ4v) is 2.37. The highest BCUT2D eigenvalue weighted by molar-refractivity contribution is 5.93. The highest BCUT2D eigenvalue weighted by Crippen LogP contribution is 2.23. The van der Waals surface area contributed by atoms with Gasteiger partial charge < -0.3 is 0 Å². The van der Waals surface area contributed by atoms with Gasteiger partial charge in [0.2, 0.25) is 0 Å². The van der Waals surface area contributed by atoms with Crippen molar-refractivity contribution in [2.45, 2.75) is 0 Å². The summed E-state index contributed by atoms with van der Waals surface area (Å²) in [5.41, 5.74) is 1.77. The van der Waals surface area contributed by atoms with Gasteiger partial charge in [0.15, 0.2) is 0 Å². The minimum absolute atomic E-state index is 0.119. The lowest BCUT2D eigenvalue weighted by atomic mass is 10.0. The number of hydrogen-bond donors (Lipinski definition) is 0. The van der Waals surface area contributed by atoms with Crippen molar-refractivity contribution in [3.63, 3.8) is 0 Å². The molecule has 0 aliphatic heterocycles. The minimum atomic E-state index is -0.358. The maximum absolute atomic E-state index is 11.0. The number of nitro benzene ring substituents is 1. The molecule has 0 heterocycles. The summed E-state index contributed by atoms with van der Waals surface area (Å²) >= 11 is 0. The predicted molar refractivity (Wildman–Crippen MR) is 86.0 cm³/mol. The van der Waals surface area contributed by atoms with E-state index in [0.29, 0.717) is 5.56 Å². The Morgan fingerprint density at radius 2 is 1.38 bits per heavy atom. The molecular weight excluding hydrogens is 262 g/mol. The van der Waals surface area contributed by atoms with Crippen LogP contribution in [0.3, 0.4) is 0 Å². The van der Waals surface area contributed by atoms with Gasteiger partial charge in [-0.3, -0.25) is 10.1 Å². The molecule has 3 aromatic carbocycles. The second kappa shape index (κ2) is 5.59. The summed E-state index contributed by atoms with van der Waals surface area (Å²) < 4.78 is 0. The molecule has 0 aliphatic rings. The fourth-order valence-electron chi connectivity index (χ4n) is 2.37. The smallest absolute Gasteiger partial charge is 0.258 e. The van der Waals surface area contributed by atoms with Crippen LogP contribution >= 0.6 is 0 Å². The van der Waals surface area contributed by atoms with Gasteiger partial charge in [0.25, 0.3) is 5.69 Å². The Balaban J connectivity index is 2.05. The van der Waals surface area contributed by atoms with E-state index in [1.807, 2.05) is 30.3 Å². The molecule has 3 heteroatoms. The number of para-hydroxylation sites is 1. The molecule has 3 nitrogen and oxygen atoms in total. The number of benzene rings is 3. The van der Waals surface area contributed by atoms with Crippen molar-refractivity contribution in [2.24, 2.45) is 0 Å². The van der Waals surface area contributed by atoms with Crippen molar-refractivity contribution in [2.75, 3.05) is 0 Å². The topological polar surface area (TPSA) is 43.1 Å². The summed E-state index contributed by atoms with van der Waals surface area (Å²) in [6, 6.07) is 20.9. The van der Waals surface area contributed by atoms with Crippen LogP contribution in [-0.4, -0.2) is 4.92 Å². The molecular formula is C18H13NO2. The van der Waals surface area contributed by atoms with Gasteiger partial charge in [0.05, 0.1) is 10.5 Å². The highest BCUT2D eigenvalue weighted by Gasteiger charge is 2.09. The predicted octanol–water partition coefficient (Wildman–Crippen LogP) is 4.92. The maximum atomic E-state index is 11.0. The maximum Gasteiger partial charge on any atom is 0.276 e. The molecule has 0 atom stereocenters. The number of hydrogen-bond acceptors (Lipinski definition) is 2. The lowest BCUT2D eigenvalue weighted by molar-refractivity contribution is -0.385. The van der Waals surface area contributed by atoms with E-state index in [9.17, 15) is 10.1 Å². The lowest BCUT2D eigenvalue weighted by Crippen LogP contribution is -1.90. The van der Waals surface area contributed by atoms with Crippen LogP contribution in [0, 0.1) is 10.1 Å². The molecule has 0 fully saturated rings. The van der Waals surface area contributed by atoms with Gasteiger partial charge in [-0.25, -0.2) is 0 Å². The number of nitrogens with zero attached hydrogens (tertiary/aromatic N) is 1. The van der Waals surface area contributed by atoms with Crippen molar-refractivity contribution in [3.8, 4) is 0 Å². The van der Waals surface area contributed by atoms with E-state index in [1.165, 1.54) is 6.07 Å². The third-order valence-electron chi connectivity index (χ3n) is 3.40. The van der Waals surface area contributed by atoms with Crippen LogP contribution in [0.25, 0.3) is 22.9 Å². The van der Waals surface area contributed by atoms with Crippen LogP contribution in [0.2, 0.25) is 0 Å². The first-order valence-electron chi connectivity index (χ1n) is 6.65. The molecule has 0 radical (unpaired) electrons. The minimum Gasteiger partial charge on any atom is -0.258 e. The average Bonchev–Trinajstić information content (AvgIpc) is 2.53. The van der Waals surface area contributed by atoms with Gasteiger partial charge in [-0.1, -0.05) is 60.7 Å². The summed E-state index contributed by atoms with van der Waals surface area (Å²) in [7, 11) is 0. The Bertz CT molecular complexity index is 832. The molecule has 0 saturated carbocycles. The van der Waals surface area contributed by atoms with E-state index in [-0.39, 0.29) is 10.6 Å². The van der Waals surface area contributed by atoms with E-state index in [4.69, 9.17) is 0 Å². The van der Waals surface area contributed by atoms with Crippen LogP contribution in [0.15, 0.2) is 66.7 Å². The molecule has 0 saturated heterocycles. The van der Waals surface area contributed by atoms with E-state index < -0.39 is 0 Å². The number of fused-ring (bicyclic) bond motifs is 1. The van der Waals surface area contributed by atoms with Crippen molar-refractivity contribution in [1.82, 2.24) is 0 Å². The van der Waals surface area contributed by atoms with Crippen molar-refractivity contribution in [1.29, 1.82) is 0 Å². The SMILES string of the molecule is O=[N+]([O-])c1ccccc1C=Cc1cccc2ccccc12. The molecule has 0 unspecified atom stereocenters. The van der Waals surface area contributed by atoms with Crippen LogP contribution < -0.4 is 0 Å². The van der Waals surface area contributed by atoms with E-state index >= 15 is 0 Å². The van der Waals surface area contributed by atoms with E-state index in [1.54, 1.807) is 24.3 Å². The van der Waals surface area contributed by atoms with Crippen LogP contribution in [0.5, 0.6) is 0 Å². The standard InChI is InChI=1S/C18H13NO2/c20-19(21)18-11-4-2-7-16(18)13-12-15-9-5-8-14-6-1-3-10-17(14)15/h1-13H. The Hall–Kier alpha value is -2.94. The molecule has 0 aliphatic carbocycles. The van der Waals surface area contributed by atoms with E-state index in [2.05, 4.69) is 18.2 Å². The summed E-state index contributed by atoms with van der Waals surface area (Å²) in [5, 5.41) is 13.3. The number of nitro groups is 1. The summed E-state index contributed by atoms with van der Waals surface area (Å²) in [6.07, 6.45) is 3.71. The number of rotatable bonds is 3. The zero-order chi connectivity index (χ0) is 14.7. The molecule has 0 spiro atoms. The summed E-state index contributed by atoms with van der Waals surface area (Å²) in [4.78, 5) is 10.7. The summed E-state index contributed by atoms with van der Waals surface area (Å²) in [5.74, 6) is 0. The van der Waals surface area contributed by atoms with Crippen molar-refractivity contribution < 1.29 is 4.92 Å². The fraction of sp³-hybridized carbons (Fsp3) is 0. The first-order valence-corrected chi connectivity index (χ1v) is 6.65. The average molecular weight is 275 g/mol. The second-order valence-electron chi connectivity index (χ2n) is 4.72. The van der Waals surface area contributed by atoms with Gasteiger partial charge in [0, 0.05) is 6.07 Å². The molecule has 0 bridgehead atoms. The third-order valence-corrected chi connectivity index (χ3v) is 3.40. The van der Waals surface area contributed by atoms with E-state index in [0.717, 1.165) is 16.3 Å². The lowest BCUT2D eigenvalue weighted by Gasteiger charge is -2.02. The first kappa shape index (κ1) is 13.1. The van der Waals surface area contributed by atoms with Crippen LogP contribution in [0.1, 0.15) is 11.1 Å². The van der Waals surface area contributed by atoms with Gasteiger partial charge in [-0.15, -0.1) is 0 Å². The molecule has 3 aromatic rings. The third kappa shape index (κ3) is 2.67. The monoisotopic (exact) mass is 275 g/mol. The molecule has 3 rings (SSSR count). The van der Waals surface area contributed by atoms with Crippen LogP contribution in [-0.2, 0) is 0 Å². The zero-order valence-corrected chi connectivity index (χ0v) is 11.3. The zero-order valence-electron chi connectivity index (χ0n) is 11.3. The highest BCUT2D eigenvalue weighted by atomic mass is 16.6. The van der Waals surface area contributed by atoms with Gasteiger partial charge in [0.1, 0.15) is 0 Å². The Morgan fingerprint density at radius 1 is 0.762 bits per heavy atom. The Labute approximate surface area is 122 Å². The molecule has 102 valence electrons. The van der Waals surface area contributed by atoms with Gasteiger partial charge >= 0.3 is 0 Å². The normalized spacial score (nSPS) is 11.0. The molecule has 0 N–H and O–H groups in total. The Kier molecular flexibility index (Phi) is 3.48. The van der Waals surface area contributed by atoms with Gasteiger partial charge in [-0.05, 0) is 28.5 Å². The largest absolute Gasteiger partial charge is 0.276 e.